The van der Waals surface area contributed by atoms with Crippen LogP contribution < -0.4 is 31.6 Å². The first-order chi connectivity index (χ1) is 36.8. The van der Waals surface area contributed by atoms with E-state index in [9.17, 15) is 23.5 Å². The summed E-state index contributed by atoms with van der Waals surface area (Å²) in [4.78, 5) is 61.7. The molecule has 0 saturated carbocycles. The van der Waals surface area contributed by atoms with E-state index in [0.29, 0.717) is 90.8 Å². The van der Waals surface area contributed by atoms with Crippen LogP contribution in [0.4, 0.5) is 32.1 Å². The van der Waals surface area contributed by atoms with Gasteiger partial charge in [0.1, 0.15) is 45.7 Å². The molecular formula is C49H45Cl2F2N20O3+. The molecule has 0 bridgehead atoms. The number of benzene rings is 1. The lowest BCUT2D eigenvalue weighted by Crippen LogP contribution is -2.47. The molecule has 1 aromatic carbocycles. The lowest BCUT2D eigenvalue weighted by molar-refractivity contribution is -0.595. The molecule has 2 saturated heterocycles. The third kappa shape index (κ3) is 8.51. The molecule has 0 spiro atoms. The number of nitrogens with zero attached hydrogens (tertiary/aromatic N) is 17. The number of primary amides is 1. The third-order valence-electron chi connectivity index (χ3n) is 13.9. The fraction of sp³-hybridized carbons (Fsp3) is 0.245. The van der Waals surface area contributed by atoms with Gasteiger partial charge in [-0.15, -0.1) is 10.2 Å². The van der Waals surface area contributed by atoms with Crippen molar-refractivity contribution < 1.29 is 28.0 Å². The zero-order valence-electron chi connectivity index (χ0n) is 40.2. The molecule has 10 aromatic rings. The number of amides is 1. The third-order valence-corrected chi connectivity index (χ3v) is 14.7. The zero-order chi connectivity index (χ0) is 52.5. The summed E-state index contributed by atoms with van der Waals surface area (Å²) < 4.78 is 35.9. The Balaban J connectivity index is 0.701. The van der Waals surface area contributed by atoms with E-state index in [4.69, 9.17) is 45.4 Å². The Kier molecular flexibility index (Phi) is 12.2. The van der Waals surface area contributed by atoms with E-state index in [1.165, 1.54) is 21.2 Å². The van der Waals surface area contributed by atoms with Gasteiger partial charge >= 0.3 is 5.97 Å². The van der Waals surface area contributed by atoms with Gasteiger partial charge in [-0.3, -0.25) is 19.6 Å². The number of aromatic nitrogens is 13. The number of hydrogen-bond donors (Lipinski definition) is 4. The summed E-state index contributed by atoms with van der Waals surface area (Å²) in [7, 11) is 0. The summed E-state index contributed by atoms with van der Waals surface area (Å²) in [5.41, 5.74) is 23.0. The topological polar surface area (TPSA) is 271 Å². The number of carboxylic acids is 1. The number of aromatic carboxylic acids is 1. The van der Waals surface area contributed by atoms with Crippen LogP contribution in [0.1, 0.15) is 21.0 Å². The van der Waals surface area contributed by atoms with Crippen LogP contribution in [-0.4, -0.2) is 150 Å². The molecule has 7 N–H and O–H groups in total. The van der Waals surface area contributed by atoms with Crippen molar-refractivity contribution in [3.8, 4) is 28.7 Å². The number of fused-ring (bicyclic) bond motifs is 6. The van der Waals surface area contributed by atoms with Crippen molar-refractivity contribution in [2.24, 2.45) is 5.73 Å². The summed E-state index contributed by atoms with van der Waals surface area (Å²) in [5.74, 6) is -2.58. The normalized spacial score (nSPS) is 14.8. The van der Waals surface area contributed by atoms with E-state index >= 15 is 0 Å². The first kappa shape index (κ1) is 48.3. The van der Waals surface area contributed by atoms with Crippen LogP contribution in [0.15, 0.2) is 85.5 Å². The quantitative estimate of drug-likeness (QED) is 0.119. The second-order valence-electron chi connectivity index (χ2n) is 18.3. The lowest BCUT2D eigenvalue weighted by Gasteiger charge is -2.36. The van der Waals surface area contributed by atoms with Crippen molar-refractivity contribution >= 4 is 91.7 Å². The van der Waals surface area contributed by atoms with Crippen molar-refractivity contribution in [3.05, 3.63) is 119 Å². The maximum absolute atomic E-state index is 14.5. The Bertz CT molecular complexity index is 3910. The van der Waals surface area contributed by atoms with E-state index in [-0.39, 0.29) is 57.0 Å². The minimum Gasteiger partial charge on any atom is -0.477 e. The van der Waals surface area contributed by atoms with Gasteiger partial charge in [0.15, 0.2) is 23.7 Å². The number of anilines is 4. The highest BCUT2D eigenvalue weighted by atomic mass is 35.5. The van der Waals surface area contributed by atoms with Gasteiger partial charge in [0.25, 0.3) is 5.91 Å². The number of halogens is 4. The predicted molar refractivity (Wildman–Crippen MR) is 279 cm³/mol. The molecule has 0 atom stereocenters. The van der Waals surface area contributed by atoms with Gasteiger partial charge in [0, 0.05) is 115 Å². The number of pyridine rings is 3. The monoisotopic (exact) mass is 1070 g/mol. The number of nitrogen functional groups attached to an aromatic ring is 2. The number of piperazine rings is 2. The molecule has 11 heterocycles. The van der Waals surface area contributed by atoms with Gasteiger partial charge in [-0.2, -0.15) is 23.6 Å². The minimum absolute atomic E-state index is 0.00887. The van der Waals surface area contributed by atoms with Crippen molar-refractivity contribution in [1.82, 2.24) is 68.1 Å². The van der Waals surface area contributed by atoms with Crippen molar-refractivity contribution in [3.63, 3.8) is 0 Å². The fourth-order valence-electron chi connectivity index (χ4n) is 10.1. The van der Waals surface area contributed by atoms with Crippen molar-refractivity contribution in [2.45, 2.75) is 13.1 Å². The second kappa shape index (κ2) is 19.2. The summed E-state index contributed by atoms with van der Waals surface area (Å²) in [5, 5.41) is 20.2. The highest BCUT2D eigenvalue weighted by Gasteiger charge is 2.30. The second-order valence-corrected chi connectivity index (χ2v) is 19.1. The minimum atomic E-state index is -1.20. The number of hydrogen-bond acceptors (Lipinski definition) is 16. The molecule has 76 heavy (non-hydrogen) atoms. The van der Waals surface area contributed by atoms with Crippen molar-refractivity contribution in [1.29, 1.82) is 0 Å². The van der Waals surface area contributed by atoms with Crippen LogP contribution in [0.5, 0.6) is 0 Å². The molecule has 0 aliphatic carbocycles. The highest BCUT2D eigenvalue weighted by molar-refractivity contribution is 6.40. The van der Waals surface area contributed by atoms with Gasteiger partial charge in [0.05, 0.1) is 32.7 Å². The Hall–Kier alpha value is -8.65. The fourth-order valence-corrected chi connectivity index (χ4v) is 10.8. The number of carbonyl (C=O) groups is 2. The Morgan fingerprint density at radius 2 is 1.21 bits per heavy atom. The van der Waals surface area contributed by atoms with E-state index in [1.54, 1.807) is 39.7 Å². The van der Waals surface area contributed by atoms with E-state index < -0.39 is 23.5 Å². The smallest absolute Gasteiger partial charge is 0.354 e. The van der Waals surface area contributed by atoms with Gasteiger partial charge < -0.3 is 41.2 Å². The van der Waals surface area contributed by atoms with Gasteiger partial charge in [-0.25, -0.2) is 28.5 Å². The first-order valence-electron chi connectivity index (χ1n) is 24.1. The lowest BCUT2D eigenvalue weighted by atomic mass is 10.2. The van der Waals surface area contributed by atoms with Crippen LogP contribution >= 0.6 is 23.2 Å². The Labute approximate surface area is 438 Å². The van der Waals surface area contributed by atoms with Crippen LogP contribution in [-0.2, 0) is 13.1 Å². The molecule has 9 aromatic heterocycles. The van der Waals surface area contributed by atoms with Gasteiger partial charge in [0.2, 0.25) is 29.2 Å². The van der Waals surface area contributed by atoms with E-state index in [0.717, 1.165) is 43.6 Å². The first-order valence-corrected chi connectivity index (χ1v) is 24.9. The van der Waals surface area contributed by atoms with E-state index in [2.05, 4.69) is 49.8 Å². The molecule has 23 nitrogen and oxygen atoms in total. The molecule has 2 fully saturated rings. The SMILES string of the molecule is NC(=O)c1c(Cl)c2c(nc(N)n3nc(-c4ccc(-[n+]5ccc(N6CCN(CCn7c(C(=O)O)c(Cl)c8c7nc(N)n7nc(-c9ccccn9)nc87)CC6)cc5)cn4)nc23)n1CCN1CCN(c2ccc(F)cc2F)CC1. The summed E-state index contributed by atoms with van der Waals surface area (Å²) in [6.45, 7) is 6.76. The standard InChI is InChI=1S/C49H44Cl2F2N20O3/c50-36-34-43(70(38(36)40(54)74)23-17-66-15-21-69(22-16-66)33-7-4-27(52)25-30(33)53)61-48(55)72-45(34)60-42(64-72)32-6-5-29(26-58-32)67-11-8-28(9-12-67)68-19-13-65(14-20-68)18-24-71-39(47(75)76)37(51)35-44(71)62-49(56)73-46(35)59-41(63-73)31-3-1-2-10-57-31/h1-12,25-26H,13-24H2,(H6-,54,55,56,59,60,61,62,63,64,74,75,76)/p+1. The maximum atomic E-state index is 14.5. The molecule has 2 aliphatic heterocycles. The molecule has 1 amide bonds. The molecule has 12 rings (SSSR count). The largest absolute Gasteiger partial charge is 0.477 e. The van der Waals surface area contributed by atoms with E-state index in [1.807, 2.05) is 46.1 Å². The molecular weight excluding hydrogens is 1030 g/mol. The summed E-state index contributed by atoms with van der Waals surface area (Å²) in [6.07, 6.45) is 7.25. The van der Waals surface area contributed by atoms with Crippen molar-refractivity contribution in [2.75, 3.05) is 86.7 Å². The molecule has 386 valence electrons. The average molecular weight is 1070 g/mol. The highest BCUT2D eigenvalue weighted by Crippen LogP contribution is 2.36. The van der Waals surface area contributed by atoms with Gasteiger partial charge in [-0.1, -0.05) is 29.3 Å². The van der Waals surface area contributed by atoms with Crippen LogP contribution in [0.2, 0.25) is 10.0 Å². The Morgan fingerprint density at radius 1 is 0.645 bits per heavy atom. The molecule has 0 unspecified atom stereocenters. The number of carbonyl (C=O) groups excluding carboxylic acids is 1. The average Bonchev–Trinajstić information content (AvgIpc) is 4.23. The maximum Gasteiger partial charge on any atom is 0.354 e. The summed E-state index contributed by atoms with van der Waals surface area (Å²) in [6, 6.07) is 16.7. The molecule has 0 radical (unpaired) electrons. The van der Waals surface area contributed by atoms with Gasteiger partial charge in [-0.05, 0) is 30.3 Å². The number of nitrogens with two attached hydrogens (primary N) is 3. The summed E-state index contributed by atoms with van der Waals surface area (Å²) >= 11 is 13.7. The Morgan fingerprint density at radius 3 is 1.74 bits per heavy atom. The van der Waals surface area contributed by atoms with Crippen LogP contribution in [0.25, 0.3) is 62.1 Å². The van der Waals surface area contributed by atoms with Crippen LogP contribution in [0.3, 0.4) is 0 Å². The molecule has 2 aliphatic rings. The molecule has 27 heteroatoms. The predicted octanol–water partition coefficient (Wildman–Crippen LogP) is 4.06. The van der Waals surface area contributed by atoms with Crippen LogP contribution in [0, 0.1) is 11.6 Å². The number of carboxylic acid groups (broad SMARTS) is 1. The number of rotatable bonds is 13. The zero-order valence-corrected chi connectivity index (χ0v) is 41.7.